The number of nitrogens with one attached hydrogen (secondary N) is 3. The number of anilines is 2. The summed E-state index contributed by atoms with van der Waals surface area (Å²) in [5.74, 6) is -3.33. The number of thiocarbonyl (C=S) groups is 1. The second kappa shape index (κ2) is 14.4. The molecule has 0 aromatic heterocycles. The number of carbonyl (C=O) groups is 2. The Hall–Kier alpha value is -3.51. The van der Waals surface area contributed by atoms with Crippen molar-refractivity contribution >= 4 is 40.7 Å². The van der Waals surface area contributed by atoms with E-state index in [-0.39, 0.29) is 49.3 Å². The van der Waals surface area contributed by atoms with Crippen molar-refractivity contribution in [1.29, 1.82) is 0 Å². The van der Waals surface area contributed by atoms with Gasteiger partial charge in [-0.3, -0.25) is 4.79 Å². The number of rotatable bonds is 12. The zero-order valence-electron chi connectivity index (χ0n) is 21.7. The number of aliphatic hydroxyl groups excluding tert-OH is 1. The lowest BCUT2D eigenvalue weighted by Gasteiger charge is -2.26. The molecule has 0 radical (unpaired) electrons. The van der Waals surface area contributed by atoms with Crippen molar-refractivity contribution in [3.05, 3.63) is 59.2 Å². The van der Waals surface area contributed by atoms with Crippen LogP contribution in [0.2, 0.25) is 0 Å². The van der Waals surface area contributed by atoms with E-state index in [1.54, 1.807) is 38.1 Å². The van der Waals surface area contributed by atoms with Gasteiger partial charge in [-0.05, 0) is 55.4 Å². The van der Waals surface area contributed by atoms with Crippen molar-refractivity contribution in [2.75, 3.05) is 37.4 Å². The molecular formula is C26H35F2N5O4S. The third kappa shape index (κ3) is 9.42. The minimum absolute atomic E-state index is 0.0810. The van der Waals surface area contributed by atoms with E-state index < -0.39 is 18.1 Å². The van der Waals surface area contributed by atoms with Gasteiger partial charge in [-0.25, -0.2) is 13.6 Å². The number of nitrogen functional groups attached to an aromatic ring is 1. The molecule has 0 saturated carbocycles. The van der Waals surface area contributed by atoms with E-state index in [1.807, 2.05) is 0 Å². The molecule has 1 unspecified atom stereocenters. The molecule has 0 fully saturated rings. The van der Waals surface area contributed by atoms with E-state index in [2.05, 4.69) is 16.0 Å². The van der Waals surface area contributed by atoms with Gasteiger partial charge in [0.2, 0.25) is 5.91 Å². The van der Waals surface area contributed by atoms with Crippen LogP contribution in [-0.4, -0.2) is 53.4 Å². The quantitative estimate of drug-likeness (QED) is 0.199. The fraction of sp³-hybridized carbons (Fsp3) is 0.423. The molecule has 1 atom stereocenters. The summed E-state index contributed by atoms with van der Waals surface area (Å²) < 4.78 is 32.8. The Morgan fingerprint density at radius 1 is 1.21 bits per heavy atom. The Balaban J connectivity index is 2.20. The zero-order valence-corrected chi connectivity index (χ0v) is 22.5. The summed E-state index contributed by atoms with van der Waals surface area (Å²) in [6.07, 6.45) is -0.618. The minimum atomic E-state index is -3.06. The van der Waals surface area contributed by atoms with Crippen LogP contribution in [-0.2, 0) is 22.0 Å². The number of nitrogens with two attached hydrogens (primary N) is 1. The van der Waals surface area contributed by atoms with Gasteiger partial charge >= 0.3 is 6.09 Å². The summed E-state index contributed by atoms with van der Waals surface area (Å²) in [4.78, 5) is 25.9. The highest BCUT2D eigenvalue weighted by Crippen LogP contribution is 2.30. The number of benzene rings is 2. The monoisotopic (exact) mass is 551 g/mol. The van der Waals surface area contributed by atoms with Gasteiger partial charge in [0.05, 0.1) is 37.1 Å². The predicted octanol–water partition coefficient (Wildman–Crippen LogP) is 3.89. The molecule has 0 bridgehead atoms. The number of aliphatic hydroxyl groups is 1. The Kier molecular flexibility index (Phi) is 11.7. The summed E-state index contributed by atoms with van der Waals surface area (Å²) in [6.45, 7) is 5.13. The van der Waals surface area contributed by atoms with Crippen molar-refractivity contribution in [2.24, 2.45) is 0 Å². The number of alkyl carbamates (subject to hydrolysis) is 1. The number of ether oxygens (including phenoxy) is 1. The molecule has 0 spiro atoms. The van der Waals surface area contributed by atoms with Crippen molar-refractivity contribution in [3.8, 4) is 0 Å². The maximum Gasteiger partial charge on any atom is 0.407 e. The molecule has 6 N–H and O–H groups in total. The van der Waals surface area contributed by atoms with Crippen molar-refractivity contribution < 1.29 is 28.2 Å². The van der Waals surface area contributed by atoms with E-state index in [9.17, 15) is 23.5 Å². The van der Waals surface area contributed by atoms with Gasteiger partial charge < -0.3 is 36.4 Å². The van der Waals surface area contributed by atoms with E-state index >= 15 is 0 Å². The molecule has 2 rings (SSSR count). The number of hydrogen-bond donors (Lipinski definition) is 5. The largest absolute Gasteiger partial charge is 0.450 e. The Morgan fingerprint density at radius 2 is 1.95 bits per heavy atom. The minimum Gasteiger partial charge on any atom is -0.450 e. The van der Waals surface area contributed by atoms with Gasteiger partial charge in [-0.2, -0.15) is 0 Å². The van der Waals surface area contributed by atoms with Crippen molar-refractivity contribution in [3.63, 3.8) is 0 Å². The molecule has 12 heteroatoms. The molecule has 0 aliphatic rings. The van der Waals surface area contributed by atoms with Crippen LogP contribution in [0.5, 0.6) is 0 Å². The standard InChI is InChI=1S/C26H35F2N5O4S/c1-4-33(11-12-34)23(35)15-22(18-7-6-8-19(14-18)26(3,27)28)32-24(38)31-21-10-9-17(13-20(21)29)16-30-25(36)37-5-2/h6-10,13-14,22,34H,4-5,11-12,15-16,29H2,1-3H3,(H,30,36)(H2,31,32,38). The van der Waals surface area contributed by atoms with Crippen LogP contribution in [0, 0.1) is 0 Å². The summed E-state index contributed by atoms with van der Waals surface area (Å²) in [5.41, 5.74) is 8.00. The van der Waals surface area contributed by atoms with E-state index in [0.717, 1.165) is 12.5 Å². The number of hydrogen-bond acceptors (Lipinski definition) is 6. The SMILES string of the molecule is CCOC(=O)NCc1ccc(NC(=S)NC(CC(=O)N(CC)CCO)c2cccc(C(C)(F)F)c2)c(N)c1. The molecule has 9 nitrogen and oxygen atoms in total. The van der Waals surface area contributed by atoms with E-state index in [4.69, 9.17) is 22.7 Å². The molecule has 2 aromatic rings. The van der Waals surface area contributed by atoms with Crippen LogP contribution >= 0.6 is 12.2 Å². The average Bonchev–Trinajstić information content (AvgIpc) is 2.86. The fourth-order valence-corrected chi connectivity index (χ4v) is 3.93. The van der Waals surface area contributed by atoms with Crippen LogP contribution in [0.25, 0.3) is 0 Å². The van der Waals surface area contributed by atoms with Crippen LogP contribution in [0.3, 0.4) is 0 Å². The van der Waals surface area contributed by atoms with Gasteiger partial charge in [0.1, 0.15) is 0 Å². The molecule has 0 saturated heterocycles. The molecule has 0 aliphatic carbocycles. The molecule has 0 heterocycles. The zero-order chi connectivity index (χ0) is 28.3. The number of halogens is 2. The lowest BCUT2D eigenvalue weighted by atomic mass is 9.98. The normalized spacial score (nSPS) is 11.8. The van der Waals surface area contributed by atoms with Crippen LogP contribution in [0.4, 0.5) is 25.0 Å². The molecule has 2 aromatic carbocycles. The summed E-state index contributed by atoms with van der Waals surface area (Å²) in [7, 11) is 0. The number of likely N-dealkylation sites (N-methyl/N-ethyl adjacent to an activating group) is 1. The van der Waals surface area contributed by atoms with Gasteiger partial charge in [0, 0.05) is 32.1 Å². The Labute approximate surface area is 226 Å². The summed E-state index contributed by atoms with van der Waals surface area (Å²) in [6, 6.07) is 10.2. The van der Waals surface area contributed by atoms with E-state index in [1.165, 1.54) is 23.1 Å². The topological polar surface area (TPSA) is 129 Å². The van der Waals surface area contributed by atoms with Crippen LogP contribution in [0.15, 0.2) is 42.5 Å². The third-order valence-corrected chi connectivity index (χ3v) is 5.88. The first kappa shape index (κ1) is 30.7. The maximum absolute atomic E-state index is 14.0. The van der Waals surface area contributed by atoms with Gasteiger partial charge in [0.15, 0.2) is 5.11 Å². The average molecular weight is 552 g/mol. The number of nitrogens with zero attached hydrogens (tertiary/aromatic N) is 1. The molecular weight excluding hydrogens is 516 g/mol. The first-order valence-electron chi connectivity index (χ1n) is 12.2. The van der Waals surface area contributed by atoms with Gasteiger partial charge in [-0.15, -0.1) is 0 Å². The summed E-state index contributed by atoms with van der Waals surface area (Å²) >= 11 is 5.46. The molecule has 2 amide bonds. The maximum atomic E-state index is 14.0. The van der Waals surface area contributed by atoms with Crippen LogP contribution < -0.4 is 21.7 Å². The highest BCUT2D eigenvalue weighted by atomic mass is 32.1. The number of amides is 2. The third-order valence-electron chi connectivity index (χ3n) is 5.66. The Morgan fingerprint density at radius 3 is 2.55 bits per heavy atom. The highest BCUT2D eigenvalue weighted by molar-refractivity contribution is 7.80. The van der Waals surface area contributed by atoms with Crippen molar-refractivity contribution in [2.45, 2.75) is 45.7 Å². The lowest BCUT2D eigenvalue weighted by Crippen LogP contribution is -2.39. The number of carbonyl (C=O) groups excluding carboxylic acids is 2. The molecule has 208 valence electrons. The smallest absolute Gasteiger partial charge is 0.407 e. The second-order valence-corrected chi connectivity index (χ2v) is 8.97. The predicted molar refractivity (Wildman–Crippen MR) is 147 cm³/mol. The first-order valence-corrected chi connectivity index (χ1v) is 12.6. The highest BCUT2D eigenvalue weighted by Gasteiger charge is 2.27. The van der Waals surface area contributed by atoms with Gasteiger partial charge in [0.25, 0.3) is 5.92 Å². The lowest BCUT2D eigenvalue weighted by molar-refractivity contribution is -0.132. The van der Waals surface area contributed by atoms with E-state index in [0.29, 0.717) is 23.5 Å². The fourth-order valence-electron chi connectivity index (χ4n) is 3.67. The number of alkyl halides is 2. The van der Waals surface area contributed by atoms with Gasteiger partial charge in [-0.1, -0.05) is 24.3 Å². The molecule has 0 aliphatic heterocycles. The van der Waals surface area contributed by atoms with Crippen molar-refractivity contribution in [1.82, 2.24) is 15.5 Å². The molecule has 38 heavy (non-hydrogen) atoms. The second-order valence-electron chi connectivity index (χ2n) is 8.56. The summed E-state index contributed by atoms with van der Waals surface area (Å²) in [5, 5.41) is 18.0. The van der Waals surface area contributed by atoms with Crippen LogP contribution in [0.1, 0.15) is 49.9 Å². The Bertz CT molecular complexity index is 1110. The first-order chi connectivity index (χ1) is 18.0.